The second-order valence-corrected chi connectivity index (χ2v) is 14.8. The summed E-state index contributed by atoms with van der Waals surface area (Å²) in [5.74, 6) is -6.03. The summed E-state index contributed by atoms with van der Waals surface area (Å²) in [5.41, 5.74) is 0. The SMILES string of the molecule is CCOC(OCC)C([O-])(N(C)C)N(C)C.CCOC(OCC)C([O-])(N(C)C)N(C)C.CCOC(OCC)C([O-])(N(C)C)N(C)C.CCOC(OCC)C([O-])(N(C)C)N(C)C.[Ti+4]. The van der Waals surface area contributed by atoms with Gasteiger partial charge in [-0.25, -0.2) is 0 Å². The first kappa shape index (κ1) is 69.9. The minimum Gasteiger partial charge on any atom is -0.822 e. The van der Waals surface area contributed by atoms with Crippen molar-refractivity contribution >= 4 is 0 Å². The van der Waals surface area contributed by atoms with Gasteiger partial charge in [-0.3, -0.25) is 0 Å². The minimum absolute atomic E-state index is 0. The summed E-state index contributed by atoms with van der Waals surface area (Å²) in [7, 11) is 27.5. The summed E-state index contributed by atoms with van der Waals surface area (Å²) < 4.78 is 42.8. The Kier molecular flexibility index (Phi) is 41.4. The van der Waals surface area contributed by atoms with E-state index in [1.165, 1.54) is 0 Å². The van der Waals surface area contributed by atoms with Crippen LogP contribution in [0.25, 0.3) is 0 Å². The topological polar surface area (TPSA) is 192 Å². The molecule has 0 fully saturated rings. The third kappa shape index (κ3) is 21.8. The van der Waals surface area contributed by atoms with Gasteiger partial charge in [0.25, 0.3) is 0 Å². The van der Waals surface area contributed by atoms with Crippen molar-refractivity contribution in [2.45, 2.75) is 104 Å². The van der Waals surface area contributed by atoms with Crippen LogP contribution >= 0.6 is 0 Å². The van der Waals surface area contributed by atoms with Crippen molar-refractivity contribution in [1.29, 1.82) is 0 Å². The summed E-state index contributed by atoms with van der Waals surface area (Å²) in [6.45, 7) is 18.4. The third-order valence-corrected chi connectivity index (χ3v) is 8.90. The van der Waals surface area contributed by atoms with Gasteiger partial charge in [0.2, 0.25) is 0 Å². The molecule has 0 rings (SSSR count). The number of rotatable bonds is 28. The molecule has 0 unspecified atom stereocenters. The zero-order chi connectivity index (χ0) is 48.2. The van der Waals surface area contributed by atoms with Gasteiger partial charge in [0, 0.05) is 76.3 Å². The summed E-state index contributed by atoms with van der Waals surface area (Å²) in [5, 5.41) is 50.3. The van der Waals surface area contributed by atoms with E-state index in [0.29, 0.717) is 52.9 Å². The van der Waals surface area contributed by atoms with Gasteiger partial charge >= 0.3 is 21.7 Å². The predicted octanol–water partition coefficient (Wildman–Crippen LogP) is -1.91. The second-order valence-electron chi connectivity index (χ2n) is 14.8. The molecule has 0 amide bonds. The van der Waals surface area contributed by atoms with Crippen LogP contribution in [0.1, 0.15) is 55.4 Å². The largest absolute Gasteiger partial charge is 4.00 e. The van der Waals surface area contributed by atoms with Gasteiger partial charge in [-0.1, -0.05) is 0 Å². The first-order chi connectivity index (χ1) is 27.6. The van der Waals surface area contributed by atoms with Gasteiger partial charge < -0.3 is 97.5 Å². The maximum atomic E-state index is 12.6. The molecular formula is C40H92N8O12Ti. The molecule has 0 aromatic rings. The molecule has 0 bridgehead atoms. The third-order valence-electron chi connectivity index (χ3n) is 8.90. The molecule has 0 saturated heterocycles. The van der Waals surface area contributed by atoms with E-state index in [9.17, 15) is 20.4 Å². The molecule has 368 valence electrons. The standard InChI is InChI=1S/4C10H23N2O3.Ti/c4*1-7-14-9(15-8-2)10(13,11(3)4)12(5)6;/h4*9H,7-8H2,1-6H3;/q4*-1;+4. The van der Waals surface area contributed by atoms with E-state index in [0.717, 1.165) is 0 Å². The maximum Gasteiger partial charge on any atom is 4.00 e. The molecule has 0 aliphatic carbocycles. The number of likely N-dealkylation sites (N-methyl/N-ethyl adjacent to an activating group) is 8. The number of hydrogen-bond donors (Lipinski definition) is 0. The van der Waals surface area contributed by atoms with Gasteiger partial charge in [0.15, 0.2) is 25.2 Å². The Morgan fingerprint density at radius 1 is 0.262 bits per heavy atom. The predicted molar refractivity (Wildman–Crippen MR) is 229 cm³/mol. The number of hydrogen-bond acceptors (Lipinski definition) is 20. The van der Waals surface area contributed by atoms with Crippen LogP contribution in [0.15, 0.2) is 0 Å². The molecule has 0 saturated carbocycles. The van der Waals surface area contributed by atoms with Gasteiger partial charge in [-0.2, -0.15) is 0 Å². The van der Waals surface area contributed by atoms with Gasteiger partial charge in [0.05, 0.1) is 0 Å². The van der Waals surface area contributed by atoms with E-state index in [4.69, 9.17) is 37.9 Å². The van der Waals surface area contributed by atoms with Crippen LogP contribution in [0.4, 0.5) is 0 Å². The molecule has 20 nitrogen and oxygen atoms in total. The molecule has 0 radical (unpaired) electrons. The van der Waals surface area contributed by atoms with Crippen LogP contribution in [0.3, 0.4) is 0 Å². The molecular weight excluding hydrogens is 832 g/mol. The monoisotopic (exact) mass is 925 g/mol. The van der Waals surface area contributed by atoms with E-state index in [1.54, 1.807) is 152 Å². The average Bonchev–Trinajstić information content (AvgIpc) is 3.16. The Balaban J connectivity index is -0.000000227. The fraction of sp³-hybridized carbons (Fsp3) is 1.00. The zero-order valence-electron chi connectivity index (χ0n) is 42.9. The Hall–Kier alpha value is -0.0857. The second kappa shape index (κ2) is 36.1. The van der Waals surface area contributed by atoms with E-state index in [2.05, 4.69) is 0 Å². The van der Waals surface area contributed by atoms with E-state index in [-0.39, 0.29) is 21.7 Å². The van der Waals surface area contributed by atoms with Gasteiger partial charge in [-0.15, -0.1) is 0 Å². The molecule has 0 aromatic carbocycles. The van der Waals surface area contributed by atoms with Crippen molar-refractivity contribution in [1.82, 2.24) is 39.2 Å². The molecule has 0 N–H and O–H groups in total. The molecule has 0 atom stereocenters. The van der Waals surface area contributed by atoms with Crippen LogP contribution in [0, 0.1) is 0 Å². The quantitative estimate of drug-likeness (QED) is 0.0623. The molecule has 61 heavy (non-hydrogen) atoms. The first-order valence-corrected chi connectivity index (χ1v) is 20.8. The zero-order valence-corrected chi connectivity index (χ0v) is 44.5. The fourth-order valence-electron chi connectivity index (χ4n) is 5.56. The molecule has 0 spiro atoms. The summed E-state index contributed by atoms with van der Waals surface area (Å²) >= 11 is 0. The van der Waals surface area contributed by atoms with Crippen molar-refractivity contribution in [3.8, 4) is 0 Å². The van der Waals surface area contributed by atoms with Crippen molar-refractivity contribution in [2.75, 3.05) is 166 Å². The molecule has 0 aromatic heterocycles. The fourth-order valence-corrected chi connectivity index (χ4v) is 5.56. The van der Waals surface area contributed by atoms with Crippen molar-refractivity contribution < 1.29 is 80.0 Å². The molecule has 0 heterocycles. The normalized spacial score (nSPS) is 13.0. The molecule has 21 heteroatoms. The molecule has 0 aliphatic rings. The van der Waals surface area contributed by atoms with Crippen molar-refractivity contribution in [3.05, 3.63) is 0 Å². The average molecular weight is 925 g/mol. The number of nitrogens with zero attached hydrogens (tertiary/aromatic N) is 8. The van der Waals surface area contributed by atoms with E-state index >= 15 is 0 Å². The van der Waals surface area contributed by atoms with Crippen LogP contribution < -0.4 is 20.4 Å². The molecule has 0 aliphatic heterocycles. The number of ether oxygens (including phenoxy) is 8. The Labute approximate surface area is 387 Å². The minimum atomic E-state index is -1.51. The van der Waals surface area contributed by atoms with E-state index in [1.807, 2.05) is 55.4 Å². The van der Waals surface area contributed by atoms with Crippen molar-refractivity contribution in [3.63, 3.8) is 0 Å². The maximum absolute atomic E-state index is 12.6. The van der Waals surface area contributed by atoms with Crippen LogP contribution in [0.5, 0.6) is 0 Å². The Morgan fingerprint density at radius 2 is 0.344 bits per heavy atom. The Bertz CT molecular complexity index is 800. The van der Waals surface area contributed by atoms with Crippen LogP contribution in [0.2, 0.25) is 0 Å². The Morgan fingerprint density at radius 3 is 0.393 bits per heavy atom. The van der Waals surface area contributed by atoms with Gasteiger partial charge in [0.1, 0.15) is 0 Å². The van der Waals surface area contributed by atoms with Crippen molar-refractivity contribution in [2.24, 2.45) is 0 Å². The van der Waals surface area contributed by atoms with Crippen LogP contribution in [-0.2, 0) is 59.6 Å². The van der Waals surface area contributed by atoms with E-state index < -0.39 is 48.6 Å². The first-order valence-electron chi connectivity index (χ1n) is 20.8. The summed E-state index contributed by atoms with van der Waals surface area (Å²) in [4.78, 5) is 12.5. The van der Waals surface area contributed by atoms with Gasteiger partial charge in [-0.05, 0) is 168 Å². The smallest absolute Gasteiger partial charge is 0.822 e. The summed E-state index contributed by atoms with van der Waals surface area (Å²) in [6, 6.07) is 0. The summed E-state index contributed by atoms with van der Waals surface area (Å²) in [6.07, 6.45) is -3.18. The van der Waals surface area contributed by atoms with Crippen LogP contribution in [-0.4, -0.2) is 253 Å².